The average Bonchev–Trinajstić information content (AvgIpc) is 3.11. The first-order valence-corrected chi connectivity index (χ1v) is 10.5. The van der Waals surface area contributed by atoms with Crippen molar-refractivity contribution in [3.05, 3.63) is 64.2 Å². The maximum absolute atomic E-state index is 12.5. The minimum absolute atomic E-state index is 0.146. The normalized spacial score (nSPS) is 15.7. The van der Waals surface area contributed by atoms with E-state index in [1.807, 2.05) is 30.3 Å². The number of cyclic esters (lactones) is 1. The highest BCUT2D eigenvalue weighted by Gasteiger charge is 2.34. The smallest absolute Gasteiger partial charge is 0.414 e. The van der Waals surface area contributed by atoms with Crippen LogP contribution in [0.15, 0.2) is 48.5 Å². The number of hydrogen-bond donors (Lipinski definition) is 1. The van der Waals surface area contributed by atoms with Crippen LogP contribution in [0.5, 0.6) is 5.75 Å². The van der Waals surface area contributed by atoms with Crippen LogP contribution in [-0.4, -0.2) is 41.9 Å². The molecule has 0 spiro atoms. The Labute approximate surface area is 191 Å². The lowest BCUT2D eigenvalue weighted by atomic mass is 10.2. The summed E-state index contributed by atoms with van der Waals surface area (Å²) < 4.78 is 16.4. The number of non-ortho nitro benzene ring substituents is 1. The van der Waals surface area contributed by atoms with E-state index in [4.69, 9.17) is 14.2 Å². The molecule has 1 aliphatic heterocycles. The zero-order valence-corrected chi connectivity index (χ0v) is 18.8. The Balaban J connectivity index is 1.66. The van der Waals surface area contributed by atoms with Gasteiger partial charge >= 0.3 is 12.2 Å². The first-order valence-electron chi connectivity index (χ1n) is 10.5. The van der Waals surface area contributed by atoms with E-state index < -0.39 is 28.8 Å². The van der Waals surface area contributed by atoms with E-state index in [9.17, 15) is 19.7 Å². The Morgan fingerprint density at radius 2 is 1.97 bits per heavy atom. The summed E-state index contributed by atoms with van der Waals surface area (Å²) in [7, 11) is 0. The topological polar surface area (TPSA) is 120 Å². The molecule has 3 rings (SSSR count). The molecule has 2 amide bonds. The van der Waals surface area contributed by atoms with Gasteiger partial charge in [-0.15, -0.1) is 0 Å². The monoisotopic (exact) mass is 457 g/mol. The van der Waals surface area contributed by atoms with Crippen LogP contribution in [-0.2, 0) is 16.1 Å². The zero-order chi connectivity index (χ0) is 24.0. The lowest BCUT2D eigenvalue weighted by Gasteiger charge is -2.20. The highest BCUT2D eigenvalue weighted by Crippen LogP contribution is 2.35. The second-order valence-electron chi connectivity index (χ2n) is 8.52. The quantitative estimate of drug-likeness (QED) is 0.460. The highest BCUT2D eigenvalue weighted by atomic mass is 16.6. The van der Waals surface area contributed by atoms with E-state index in [0.29, 0.717) is 12.1 Å². The molecule has 33 heavy (non-hydrogen) atoms. The van der Waals surface area contributed by atoms with Crippen LogP contribution in [0.4, 0.5) is 21.0 Å². The number of nitro benzene ring substituents is 1. The van der Waals surface area contributed by atoms with Crippen molar-refractivity contribution >= 4 is 23.6 Å². The molecule has 1 heterocycles. The van der Waals surface area contributed by atoms with Gasteiger partial charge in [0.2, 0.25) is 0 Å². The molecular weight excluding hydrogens is 430 g/mol. The molecule has 0 radical (unpaired) electrons. The van der Waals surface area contributed by atoms with Crippen LogP contribution < -0.4 is 15.0 Å². The summed E-state index contributed by atoms with van der Waals surface area (Å²) in [6.07, 6.45) is -1.22. The standard InChI is InChI=1S/C23H27N3O7/c1-23(2,3)33-21(27)24-12-11-18-14-25(22(28)32-18)19-10-9-17(26(29)30)13-20(19)31-15-16-7-5-4-6-8-16/h4-10,13,18H,11-12,14-15H2,1-3H3,(H,24,27)/t18-/m0/s1. The number of benzene rings is 2. The van der Waals surface area contributed by atoms with Crippen molar-refractivity contribution in [2.24, 2.45) is 0 Å². The van der Waals surface area contributed by atoms with Crippen LogP contribution in [0.1, 0.15) is 32.8 Å². The van der Waals surface area contributed by atoms with Crippen LogP contribution in [0, 0.1) is 10.1 Å². The minimum Gasteiger partial charge on any atom is -0.486 e. The zero-order valence-electron chi connectivity index (χ0n) is 18.8. The number of nitrogens with zero attached hydrogens (tertiary/aromatic N) is 2. The lowest BCUT2D eigenvalue weighted by molar-refractivity contribution is -0.384. The molecule has 1 fully saturated rings. The Morgan fingerprint density at radius 3 is 2.64 bits per heavy atom. The number of nitrogens with one attached hydrogen (secondary N) is 1. The highest BCUT2D eigenvalue weighted by molar-refractivity contribution is 5.92. The van der Waals surface area contributed by atoms with Crippen molar-refractivity contribution in [1.29, 1.82) is 0 Å². The van der Waals surface area contributed by atoms with Gasteiger partial charge in [-0.2, -0.15) is 0 Å². The number of carbonyl (C=O) groups is 2. The van der Waals surface area contributed by atoms with E-state index >= 15 is 0 Å². The predicted molar refractivity (Wildman–Crippen MR) is 120 cm³/mol. The van der Waals surface area contributed by atoms with Crippen molar-refractivity contribution in [1.82, 2.24) is 5.32 Å². The number of hydrogen-bond acceptors (Lipinski definition) is 7. The van der Waals surface area contributed by atoms with Gasteiger partial charge in [0.05, 0.1) is 23.2 Å². The van der Waals surface area contributed by atoms with E-state index in [1.165, 1.54) is 23.1 Å². The molecule has 176 valence electrons. The second-order valence-corrected chi connectivity index (χ2v) is 8.52. The molecule has 0 bridgehead atoms. The second kappa shape index (κ2) is 10.2. The number of carbonyl (C=O) groups excluding carboxylic acids is 2. The molecule has 10 heteroatoms. The molecule has 0 aromatic heterocycles. The van der Waals surface area contributed by atoms with Gasteiger partial charge < -0.3 is 19.5 Å². The van der Waals surface area contributed by atoms with Crippen molar-refractivity contribution in [3.63, 3.8) is 0 Å². The molecule has 0 aliphatic carbocycles. The van der Waals surface area contributed by atoms with Gasteiger partial charge in [-0.05, 0) is 32.4 Å². The Morgan fingerprint density at radius 1 is 1.24 bits per heavy atom. The van der Waals surface area contributed by atoms with Gasteiger partial charge in [0.1, 0.15) is 18.3 Å². The summed E-state index contributed by atoms with van der Waals surface area (Å²) in [4.78, 5) is 36.4. The molecule has 1 atom stereocenters. The molecule has 1 N–H and O–H groups in total. The Hall–Kier alpha value is -3.82. The molecule has 2 aromatic rings. The summed E-state index contributed by atoms with van der Waals surface area (Å²) in [5, 5.41) is 13.9. The fourth-order valence-electron chi connectivity index (χ4n) is 3.21. The van der Waals surface area contributed by atoms with E-state index in [2.05, 4.69) is 5.32 Å². The maximum Gasteiger partial charge on any atom is 0.414 e. The first kappa shape index (κ1) is 23.8. The molecule has 1 aliphatic rings. The molecule has 1 saturated heterocycles. The summed E-state index contributed by atoms with van der Waals surface area (Å²) in [6.45, 7) is 5.97. The molecule has 2 aromatic carbocycles. The lowest BCUT2D eigenvalue weighted by Crippen LogP contribution is -2.34. The number of nitro groups is 1. The van der Waals surface area contributed by atoms with Crippen molar-refractivity contribution in [3.8, 4) is 5.75 Å². The third-order valence-corrected chi connectivity index (χ3v) is 4.69. The minimum atomic E-state index is -0.604. The summed E-state index contributed by atoms with van der Waals surface area (Å²) in [6, 6.07) is 13.4. The largest absolute Gasteiger partial charge is 0.486 e. The van der Waals surface area contributed by atoms with E-state index in [0.717, 1.165) is 5.56 Å². The molecule has 0 saturated carbocycles. The number of anilines is 1. The summed E-state index contributed by atoms with van der Waals surface area (Å²) >= 11 is 0. The summed E-state index contributed by atoms with van der Waals surface area (Å²) in [5.41, 5.74) is 0.508. The Bertz CT molecular complexity index is 1000. The van der Waals surface area contributed by atoms with Crippen LogP contribution >= 0.6 is 0 Å². The van der Waals surface area contributed by atoms with E-state index in [1.54, 1.807) is 20.8 Å². The maximum atomic E-state index is 12.5. The number of ether oxygens (including phenoxy) is 3. The van der Waals surface area contributed by atoms with Gasteiger partial charge in [0.15, 0.2) is 5.75 Å². The Kier molecular flexibility index (Phi) is 7.37. The third kappa shape index (κ3) is 6.83. The third-order valence-electron chi connectivity index (χ3n) is 4.69. The van der Waals surface area contributed by atoms with Crippen LogP contribution in [0.25, 0.3) is 0 Å². The average molecular weight is 457 g/mol. The van der Waals surface area contributed by atoms with E-state index in [-0.39, 0.29) is 31.1 Å². The SMILES string of the molecule is CC(C)(C)OC(=O)NCC[C@H]1CN(c2ccc([N+](=O)[O-])cc2OCc2ccccc2)C(=O)O1. The first-order chi connectivity index (χ1) is 15.6. The number of rotatable bonds is 8. The van der Waals surface area contributed by atoms with Crippen LogP contribution in [0.2, 0.25) is 0 Å². The fraction of sp³-hybridized carbons (Fsp3) is 0.391. The van der Waals surface area contributed by atoms with Gasteiger partial charge in [-0.25, -0.2) is 9.59 Å². The van der Waals surface area contributed by atoms with Crippen molar-refractivity contribution in [2.75, 3.05) is 18.0 Å². The van der Waals surface area contributed by atoms with Crippen molar-refractivity contribution < 1.29 is 28.7 Å². The molecule has 0 unspecified atom stereocenters. The summed E-state index contributed by atoms with van der Waals surface area (Å²) in [5.74, 6) is 0.206. The predicted octanol–water partition coefficient (Wildman–Crippen LogP) is 4.41. The van der Waals surface area contributed by atoms with Gasteiger partial charge in [0.25, 0.3) is 5.69 Å². The molecular formula is C23H27N3O7. The fourth-order valence-corrected chi connectivity index (χ4v) is 3.21. The van der Waals surface area contributed by atoms with Gasteiger partial charge in [-0.1, -0.05) is 30.3 Å². The van der Waals surface area contributed by atoms with Gasteiger partial charge in [-0.3, -0.25) is 15.0 Å². The van der Waals surface area contributed by atoms with Crippen LogP contribution in [0.3, 0.4) is 0 Å². The van der Waals surface area contributed by atoms with Gasteiger partial charge in [0, 0.05) is 19.0 Å². The number of alkyl carbamates (subject to hydrolysis) is 1. The molecule has 10 nitrogen and oxygen atoms in total. The number of amides is 2. The van der Waals surface area contributed by atoms with Crippen molar-refractivity contribution in [2.45, 2.75) is 45.5 Å².